The van der Waals surface area contributed by atoms with Crippen molar-refractivity contribution >= 4 is 48.4 Å². The molecule has 11 heteroatoms. The first-order chi connectivity index (χ1) is 17.7. The highest BCUT2D eigenvalue weighted by Crippen LogP contribution is 2.42. The predicted molar refractivity (Wildman–Crippen MR) is 142 cm³/mol. The number of aryl methyl sites for hydroxylation is 1. The quantitative estimate of drug-likeness (QED) is 0.380. The monoisotopic (exact) mass is 535 g/mol. The lowest BCUT2D eigenvalue weighted by Gasteiger charge is -2.22. The molecular formula is C26H25N5O4S2. The standard InChI is InChI=1S/C26H25N5O4S2/c1-19-11-13-21(14-12-19)37(34,35)31-18-30(25-26(31)28-24-10-3-2-9-23(24)27-25)20-7-6-8-22(17-20)36(32,33)29-15-4-5-16-29/h2-3,6-14,17H,4-5,15-16,18H2,1H3. The van der Waals surface area contributed by atoms with E-state index in [1.54, 1.807) is 59.5 Å². The largest absolute Gasteiger partial charge is 0.304 e. The molecule has 0 aliphatic carbocycles. The van der Waals surface area contributed by atoms with Gasteiger partial charge in [-0.05, 0) is 62.2 Å². The molecule has 0 bridgehead atoms. The first-order valence-electron chi connectivity index (χ1n) is 12.0. The molecule has 0 radical (unpaired) electrons. The van der Waals surface area contributed by atoms with Crippen LogP contribution < -0.4 is 9.21 Å². The second-order valence-electron chi connectivity index (χ2n) is 9.20. The van der Waals surface area contributed by atoms with Crippen LogP contribution in [0.4, 0.5) is 17.3 Å². The Labute approximate surface area is 216 Å². The second kappa shape index (κ2) is 8.79. The molecule has 1 aromatic heterocycles. The van der Waals surface area contributed by atoms with Gasteiger partial charge in [-0.2, -0.15) is 4.31 Å². The molecule has 3 aromatic carbocycles. The van der Waals surface area contributed by atoms with E-state index in [2.05, 4.69) is 4.98 Å². The summed E-state index contributed by atoms with van der Waals surface area (Å²) in [5.74, 6) is 0.553. The third-order valence-corrected chi connectivity index (χ3v) is 10.4. The highest BCUT2D eigenvalue weighted by atomic mass is 32.2. The maximum absolute atomic E-state index is 13.8. The molecule has 1 fully saturated rings. The van der Waals surface area contributed by atoms with E-state index in [0.717, 1.165) is 18.4 Å². The van der Waals surface area contributed by atoms with Gasteiger partial charge in [-0.3, -0.25) is 0 Å². The van der Waals surface area contributed by atoms with Crippen molar-refractivity contribution in [3.63, 3.8) is 0 Å². The van der Waals surface area contributed by atoms with Crippen LogP contribution in [0.3, 0.4) is 0 Å². The third kappa shape index (κ3) is 4.03. The molecule has 2 aliphatic rings. The Kier molecular flexibility index (Phi) is 5.66. The number of sulfonamides is 2. The molecular weight excluding hydrogens is 510 g/mol. The van der Waals surface area contributed by atoms with Crippen LogP contribution in [0.5, 0.6) is 0 Å². The van der Waals surface area contributed by atoms with Gasteiger partial charge in [0.1, 0.15) is 6.67 Å². The summed E-state index contributed by atoms with van der Waals surface area (Å²) in [4.78, 5) is 11.4. The van der Waals surface area contributed by atoms with Crippen LogP contribution in [0.1, 0.15) is 18.4 Å². The number of nitrogens with zero attached hydrogens (tertiary/aromatic N) is 5. The minimum atomic E-state index is -3.97. The number of aromatic nitrogens is 2. The zero-order valence-electron chi connectivity index (χ0n) is 20.1. The van der Waals surface area contributed by atoms with Gasteiger partial charge in [0.15, 0.2) is 11.6 Å². The number of fused-ring (bicyclic) bond motifs is 2. The van der Waals surface area contributed by atoms with Gasteiger partial charge < -0.3 is 4.90 Å². The van der Waals surface area contributed by atoms with E-state index in [-0.39, 0.29) is 22.3 Å². The van der Waals surface area contributed by atoms with E-state index in [1.807, 2.05) is 25.1 Å². The first-order valence-corrected chi connectivity index (χ1v) is 14.9. The normalized spacial score (nSPS) is 16.5. The number of benzene rings is 3. The van der Waals surface area contributed by atoms with Crippen molar-refractivity contribution < 1.29 is 16.8 Å². The molecule has 6 rings (SSSR count). The fourth-order valence-corrected chi connectivity index (χ4v) is 7.62. The Bertz CT molecular complexity index is 1720. The van der Waals surface area contributed by atoms with Crippen LogP contribution in [0, 0.1) is 6.92 Å². The predicted octanol–water partition coefficient (Wildman–Crippen LogP) is 4.03. The summed E-state index contributed by atoms with van der Waals surface area (Å²) in [5.41, 5.74) is 2.65. The number of rotatable bonds is 5. The van der Waals surface area contributed by atoms with Crippen molar-refractivity contribution in [2.45, 2.75) is 29.6 Å². The Morgan fingerprint density at radius 3 is 2.03 bits per heavy atom. The smallest absolute Gasteiger partial charge is 0.267 e. The fourth-order valence-electron chi connectivity index (χ4n) is 4.71. The van der Waals surface area contributed by atoms with Gasteiger partial charge >= 0.3 is 0 Å². The molecule has 3 heterocycles. The lowest BCUT2D eigenvalue weighted by Crippen LogP contribution is -2.34. The van der Waals surface area contributed by atoms with Crippen molar-refractivity contribution in [2.75, 3.05) is 29.0 Å². The van der Waals surface area contributed by atoms with Crippen molar-refractivity contribution in [2.24, 2.45) is 0 Å². The van der Waals surface area contributed by atoms with Crippen LogP contribution in [-0.4, -0.2) is 50.9 Å². The zero-order valence-corrected chi connectivity index (χ0v) is 21.8. The topological polar surface area (TPSA) is 104 Å². The van der Waals surface area contributed by atoms with Gasteiger partial charge in [0, 0.05) is 18.8 Å². The van der Waals surface area contributed by atoms with Crippen LogP contribution in [0.15, 0.2) is 82.6 Å². The molecule has 190 valence electrons. The Hall–Kier alpha value is -3.54. The number of hydrogen-bond donors (Lipinski definition) is 0. The van der Waals surface area contributed by atoms with Gasteiger partial charge in [0.05, 0.1) is 20.8 Å². The average molecular weight is 536 g/mol. The summed E-state index contributed by atoms with van der Waals surface area (Å²) in [5, 5.41) is 0. The summed E-state index contributed by atoms with van der Waals surface area (Å²) < 4.78 is 56.7. The SMILES string of the molecule is Cc1ccc(S(=O)(=O)N2CN(c3cccc(S(=O)(=O)N4CCCC4)c3)c3nc4ccccc4nc32)cc1. The third-order valence-electron chi connectivity index (χ3n) is 6.74. The molecule has 37 heavy (non-hydrogen) atoms. The van der Waals surface area contributed by atoms with E-state index in [4.69, 9.17) is 4.98 Å². The fraction of sp³-hybridized carbons (Fsp3) is 0.231. The maximum atomic E-state index is 13.8. The van der Waals surface area contributed by atoms with E-state index >= 15 is 0 Å². The van der Waals surface area contributed by atoms with Gasteiger partial charge in [-0.25, -0.2) is 31.1 Å². The van der Waals surface area contributed by atoms with Gasteiger partial charge in [-0.1, -0.05) is 35.9 Å². The van der Waals surface area contributed by atoms with Crippen LogP contribution >= 0.6 is 0 Å². The molecule has 4 aromatic rings. The molecule has 0 atom stereocenters. The molecule has 0 saturated carbocycles. The van der Waals surface area contributed by atoms with E-state index in [1.165, 1.54) is 8.61 Å². The van der Waals surface area contributed by atoms with Crippen molar-refractivity contribution in [1.29, 1.82) is 0 Å². The van der Waals surface area contributed by atoms with Crippen LogP contribution in [0.2, 0.25) is 0 Å². The van der Waals surface area contributed by atoms with E-state index < -0.39 is 20.0 Å². The number of anilines is 3. The summed E-state index contributed by atoms with van der Waals surface area (Å²) >= 11 is 0. The summed E-state index contributed by atoms with van der Waals surface area (Å²) in [6.07, 6.45) is 1.68. The molecule has 9 nitrogen and oxygen atoms in total. The highest BCUT2D eigenvalue weighted by molar-refractivity contribution is 7.92. The maximum Gasteiger partial charge on any atom is 0.267 e. The number of hydrogen-bond acceptors (Lipinski definition) is 7. The zero-order chi connectivity index (χ0) is 25.8. The van der Waals surface area contributed by atoms with Crippen molar-refractivity contribution in [1.82, 2.24) is 14.3 Å². The Balaban J connectivity index is 1.48. The molecule has 2 aliphatic heterocycles. The van der Waals surface area contributed by atoms with Crippen LogP contribution in [0.25, 0.3) is 11.0 Å². The lowest BCUT2D eigenvalue weighted by molar-refractivity contribution is 0.477. The van der Waals surface area contributed by atoms with Crippen molar-refractivity contribution in [3.8, 4) is 0 Å². The molecule has 0 unspecified atom stereocenters. The average Bonchev–Trinajstić information content (AvgIpc) is 3.57. The molecule has 0 N–H and O–H groups in total. The lowest BCUT2D eigenvalue weighted by atomic mass is 10.2. The van der Waals surface area contributed by atoms with Gasteiger partial charge in [0.25, 0.3) is 10.0 Å². The Morgan fingerprint density at radius 2 is 1.35 bits per heavy atom. The molecule has 0 spiro atoms. The Morgan fingerprint density at radius 1 is 0.703 bits per heavy atom. The highest BCUT2D eigenvalue weighted by Gasteiger charge is 2.39. The molecule has 0 amide bonds. The molecule has 1 saturated heterocycles. The minimum Gasteiger partial charge on any atom is -0.304 e. The van der Waals surface area contributed by atoms with Gasteiger partial charge in [0.2, 0.25) is 10.0 Å². The van der Waals surface area contributed by atoms with E-state index in [0.29, 0.717) is 35.6 Å². The van der Waals surface area contributed by atoms with Gasteiger partial charge in [-0.15, -0.1) is 0 Å². The summed E-state index contributed by atoms with van der Waals surface area (Å²) in [6, 6.07) is 20.5. The summed E-state index contributed by atoms with van der Waals surface area (Å²) in [7, 11) is -7.62. The number of para-hydroxylation sites is 2. The van der Waals surface area contributed by atoms with Crippen LogP contribution in [-0.2, 0) is 20.0 Å². The van der Waals surface area contributed by atoms with E-state index in [9.17, 15) is 16.8 Å². The minimum absolute atomic E-state index is 0.0882. The summed E-state index contributed by atoms with van der Waals surface area (Å²) in [6.45, 7) is 2.80. The second-order valence-corrected chi connectivity index (χ2v) is 13.0. The first kappa shape index (κ1) is 23.8. The van der Waals surface area contributed by atoms with Crippen molar-refractivity contribution in [3.05, 3.63) is 78.4 Å².